The number of hydrogen-bond donors (Lipinski definition) is 1. The number of amidine groups is 1. The number of nitrogens with zero attached hydrogens (tertiary/aromatic N) is 3. The Kier molecular flexibility index (Phi) is 8.96. The summed E-state index contributed by atoms with van der Waals surface area (Å²) < 4.78 is 2.20. The lowest BCUT2D eigenvalue weighted by molar-refractivity contribution is -0.122. The van der Waals surface area contributed by atoms with Gasteiger partial charge in [-0.15, -0.1) is 11.3 Å². The van der Waals surface area contributed by atoms with Crippen molar-refractivity contribution in [3.05, 3.63) is 146 Å². The van der Waals surface area contributed by atoms with Crippen LogP contribution in [0.25, 0.3) is 11.1 Å². The molecule has 3 aromatic carbocycles. The average molecular weight is 657 g/mol. The number of rotatable bonds is 8. The quantitative estimate of drug-likeness (QED) is 0.170. The summed E-state index contributed by atoms with van der Waals surface area (Å²) in [6, 6.07) is 31.9. The highest BCUT2D eigenvalue weighted by atomic mass is 32.2. The Bertz CT molecular complexity index is 1990. The molecular formula is C39H36N4O2S2. The number of carbonyl (C=O) groups is 2. The summed E-state index contributed by atoms with van der Waals surface area (Å²) in [6.45, 7) is 5.11. The van der Waals surface area contributed by atoms with Crippen LogP contribution in [0.2, 0.25) is 0 Å². The molecule has 8 heteroatoms. The first-order valence-electron chi connectivity index (χ1n) is 16.0. The summed E-state index contributed by atoms with van der Waals surface area (Å²) >= 11 is 3.16. The van der Waals surface area contributed by atoms with Crippen LogP contribution in [0.4, 0.5) is 5.69 Å². The van der Waals surface area contributed by atoms with E-state index in [4.69, 9.17) is 4.99 Å². The van der Waals surface area contributed by atoms with Gasteiger partial charge in [-0.25, -0.2) is 0 Å². The number of para-hydroxylation sites is 1. The van der Waals surface area contributed by atoms with Gasteiger partial charge in [-0.1, -0.05) is 78.9 Å². The summed E-state index contributed by atoms with van der Waals surface area (Å²) in [4.78, 5) is 36.5. The first-order chi connectivity index (χ1) is 23.0. The molecule has 0 spiro atoms. The van der Waals surface area contributed by atoms with E-state index < -0.39 is 0 Å². The second-order valence-electron chi connectivity index (χ2n) is 11.9. The maximum absolute atomic E-state index is 14.0. The number of aromatic nitrogens is 1. The Labute approximate surface area is 283 Å². The molecule has 5 aromatic rings. The summed E-state index contributed by atoms with van der Waals surface area (Å²) in [7, 11) is 0. The molecule has 2 aliphatic rings. The minimum absolute atomic E-state index is 0.0509. The molecule has 7 rings (SSSR count). The van der Waals surface area contributed by atoms with Crippen molar-refractivity contribution in [2.45, 2.75) is 52.6 Å². The molecular weight excluding hydrogens is 621 g/mol. The fourth-order valence-corrected chi connectivity index (χ4v) is 8.78. The van der Waals surface area contributed by atoms with Gasteiger partial charge >= 0.3 is 0 Å². The van der Waals surface area contributed by atoms with E-state index in [1.54, 1.807) is 16.2 Å². The van der Waals surface area contributed by atoms with Gasteiger partial charge in [0.15, 0.2) is 5.17 Å². The molecule has 0 unspecified atom stereocenters. The second-order valence-corrected chi connectivity index (χ2v) is 14.0. The van der Waals surface area contributed by atoms with Crippen LogP contribution in [0.15, 0.2) is 107 Å². The highest BCUT2D eigenvalue weighted by molar-refractivity contribution is 8.18. The number of anilines is 1. The molecule has 0 bridgehead atoms. The van der Waals surface area contributed by atoms with E-state index in [1.807, 2.05) is 84.9 Å². The molecule has 3 heterocycles. The van der Waals surface area contributed by atoms with Crippen LogP contribution in [0.1, 0.15) is 61.7 Å². The molecule has 1 saturated heterocycles. The third-order valence-corrected chi connectivity index (χ3v) is 11.0. The molecule has 0 saturated carbocycles. The van der Waals surface area contributed by atoms with Crippen LogP contribution >= 0.6 is 23.1 Å². The zero-order valence-electron chi connectivity index (χ0n) is 26.5. The Morgan fingerprint density at radius 1 is 0.894 bits per heavy atom. The molecule has 0 atom stereocenters. The first kappa shape index (κ1) is 31.0. The normalized spacial score (nSPS) is 16.2. The molecule has 0 radical (unpaired) electrons. The van der Waals surface area contributed by atoms with Crippen molar-refractivity contribution in [2.75, 3.05) is 5.32 Å². The molecule has 1 aliphatic heterocycles. The van der Waals surface area contributed by atoms with Crippen molar-refractivity contribution in [3.63, 3.8) is 0 Å². The average Bonchev–Trinajstić information content (AvgIpc) is 3.71. The van der Waals surface area contributed by atoms with E-state index in [1.165, 1.54) is 22.2 Å². The van der Waals surface area contributed by atoms with Crippen LogP contribution in [0.3, 0.4) is 0 Å². The number of aryl methyl sites for hydroxylation is 2. The minimum atomic E-state index is -0.0737. The van der Waals surface area contributed by atoms with Crippen LogP contribution in [-0.4, -0.2) is 26.4 Å². The van der Waals surface area contributed by atoms with Crippen LogP contribution in [-0.2, 0) is 30.7 Å². The lowest BCUT2D eigenvalue weighted by atomic mass is 9.95. The molecule has 1 N–H and O–H groups in total. The third kappa shape index (κ3) is 6.48. The highest BCUT2D eigenvalue weighted by Crippen LogP contribution is 2.40. The molecule has 2 aromatic heterocycles. The maximum Gasteiger partial charge on any atom is 0.267 e. The summed E-state index contributed by atoms with van der Waals surface area (Å²) in [5.74, 6) is -0.125. The number of nitrogens with one attached hydrogen (secondary N) is 1. The zero-order valence-corrected chi connectivity index (χ0v) is 28.2. The number of thiophene rings is 1. The number of benzene rings is 3. The smallest absolute Gasteiger partial charge is 0.267 e. The lowest BCUT2D eigenvalue weighted by Gasteiger charge is -2.15. The van der Waals surface area contributed by atoms with Gasteiger partial charge in [0.1, 0.15) is 5.00 Å². The summed E-state index contributed by atoms with van der Waals surface area (Å²) in [6.07, 6.45) is 6.12. The molecule has 1 aliphatic carbocycles. The summed E-state index contributed by atoms with van der Waals surface area (Å²) in [5.41, 5.74) is 7.86. The van der Waals surface area contributed by atoms with Gasteiger partial charge in [-0.3, -0.25) is 19.5 Å². The minimum Gasteiger partial charge on any atom is -0.322 e. The van der Waals surface area contributed by atoms with Crippen LogP contribution < -0.4 is 5.32 Å². The lowest BCUT2D eigenvalue weighted by Crippen LogP contribution is -2.28. The van der Waals surface area contributed by atoms with E-state index in [0.717, 1.165) is 70.0 Å². The van der Waals surface area contributed by atoms with Gasteiger partial charge in [0, 0.05) is 22.0 Å². The van der Waals surface area contributed by atoms with Gasteiger partial charge in [0.2, 0.25) is 0 Å². The van der Waals surface area contributed by atoms with Crippen molar-refractivity contribution in [1.82, 2.24) is 9.47 Å². The fraction of sp³-hybridized carbons (Fsp3) is 0.205. The van der Waals surface area contributed by atoms with Gasteiger partial charge in [0.05, 0.1) is 23.6 Å². The number of fused-ring (bicyclic) bond motifs is 1. The monoisotopic (exact) mass is 656 g/mol. The number of aliphatic imine (C=N–C) groups is 1. The number of amides is 2. The zero-order chi connectivity index (χ0) is 32.3. The van der Waals surface area contributed by atoms with Crippen LogP contribution in [0.5, 0.6) is 0 Å². The van der Waals surface area contributed by atoms with Gasteiger partial charge < -0.3 is 9.88 Å². The largest absolute Gasteiger partial charge is 0.322 e. The molecule has 6 nitrogen and oxygen atoms in total. The Morgan fingerprint density at radius 3 is 2.28 bits per heavy atom. The van der Waals surface area contributed by atoms with Crippen molar-refractivity contribution in [3.8, 4) is 5.00 Å². The second kappa shape index (κ2) is 13.6. The Morgan fingerprint density at radius 2 is 1.55 bits per heavy atom. The SMILES string of the molecule is Cc1cc(/C=C2\SC(=NCc3ccccc3)N(Cc3ccccc3)C2=O)c(C)n1-c1sc2c(c1C(=O)Nc1ccccc1)CCCC2. The van der Waals surface area contributed by atoms with Gasteiger partial charge in [0.25, 0.3) is 11.8 Å². The fourth-order valence-electron chi connectivity index (χ4n) is 6.32. The van der Waals surface area contributed by atoms with Crippen LogP contribution in [0, 0.1) is 13.8 Å². The highest BCUT2D eigenvalue weighted by Gasteiger charge is 2.34. The van der Waals surface area contributed by atoms with E-state index in [-0.39, 0.29) is 11.8 Å². The van der Waals surface area contributed by atoms with Gasteiger partial charge in [-0.2, -0.15) is 0 Å². The predicted molar refractivity (Wildman–Crippen MR) is 194 cm³/mol. The maximum atomic E-state index is 14.0. The van der Waals surface area contributed by atoms with E-state index in [9.17, 15) is 9.59 Å². The van der Waals surface area contributed by atoms with Crippen molar-refractivity contribution in [2.24, 2.45) is 4.99 Å². The van der Waals surface area contributed by atoms with Crippen molar-refractivity contribution >= 4 is 51.8 Å². The Balaban J connectivity index is 1.24. The first-order valence-corrected chi connectivity index (χ1v) is 17.6. The molecule has 1 fully saturated rings. The van der Waals surface area contributed by atoms with E-state index in [0.29, 0.717) is 23.2 Å². The number of carbonyl (C=O) groups excluding carboxylic acids is 2. The van der Waals surface area contributed by atoms with Crippen molar-refractivity contribution in [1.29, 1.82) is 0 Å². The van der Waals surface area contributed by atoms with E-state index >= 15 is 0 Å². The summed E-state index contributed by atoms with van der Waals surface area (Å²) in [5, 5.41) is 4.80. The number of hydrogen-bond acceptors (Lipinski definition) is 5. The molecule has 2 amide bonds. The van der Waals surface area contributed by atoms with Crippen molar-refractivity contribution < 1.29 is 9.59 Å². The topological polar surface area (TPSA) is 66.7 Å². The number of thioether (sulfide) groups is 1. The van der Waals surface area contributed by atoms with E-state index in [2.05, 4.69) is 41.9 Å². The molecule has 47 heavy (non-hydrogen) atoms. The third-order valence-electron chi connectivity index (χ3n) is 8.68. The Hall–Kier alpha value is -4.66. The molecule has 236 valence electrons. The standard InChI is InChI=1S/C39H36N4O2S2/c1-26-22-30(23-34-37(45)42(25-29-16-8-4-9-17-29)39(47-34)40-24-28-14-6-3-7-15-28)27(2)43(26)38-35(32-20-12-13-21-33(32)46-38)36(44)41-31-18-10-5-11-19-31/h3-11,14-19,22-23H,12-13,20-21,24-25H2,1-2H3,(H,41,44)/b34-23-,40-39?. The van der Waals surface area contributed by atoms with Gasteiger partial charge in [-0.05, 0) is 97.8 Å². The predicted octanol–water partition coefficient (Wildman–Crippen LogP) is 8.96.